The van der Waals surface area contributed by atoms with E-state index in [1.807, 2.05) is 30.3 Å². The van der Waals surface area contributed by atoms with Crippen LogP contribution in [0.5, 0.6) is 0 Å². The van der Waals surface area contributed by atoms with Crippen molar-refractivity contribution in [1.82, 2.24) is 10.2 Å². The summed E-state index contributed by atoms with van der Waals surface area (Å²) in [5.74, 6) is -0.418. The number of alkyl halides is 3. The van der Waals surface area contributed by atoms with E-state index in [4.69, 9.17) is 0 Å². The molecule has 2 atom stereocenters. The van der Waals surface area contributed by atoms with Gasteiger partial charge in [-0.2, -0.15) is 13.2 Å². The molecule has 1 N–H and O–H groups in total. The molecule has 0 radical (unpaired) electrons. The third-order valence-electron chi connectivity index (χ3n) is 7.80. The van der Waals surface area contributed by atoms with Gasteiger partial charge in [-0.25, -0.2) is 0 Å². The first kappa shape index (κ1) is 23.2. The topological polar surface area (TPSA) is 35.6 Å². The van der Waals surface area contributed by atoms with Gasteiger partial charge >= 0.3 is 6.18 Å². The number of rotatable bonds is 5. The molecular formula is C27H32F3N3O. The van der Waals surface area contributed by atoms with Gasteiger partial charge in [-0.3, -0.25) is 9.69 Å². The Morgan fingerprint density at radius 2 is 1.79 bits per heavy atom. The highest BCUT2D eigenvalue weighted by atomic mass is 19.4. The van der Waals surface area contributed by atoms with Gasteiger partial charge in [0, 0.05) is 37.9 Å². The summed E-state index contributed by atoms with van der Waals surface area (Å²) in [4.78, 5) is 18.1. The number of nitrogens with one attached hydrogen (secondary N) is 1. The number of piperazine rings is 1. The normalized spacial score (nSPS) is 23.4. The van der Waals surface area contributed by atoms with Gasteiger partial charge in [0.1, 0.15) is 0 Å². The summed E-state index contributed by atoms with van der Waals surface area (Å²) in [6.07, 6.45) is 1.59. The first-order chi connectivity index (χ1) is 16.4. The molecule has 2 aromatic carbocycles. The lowest BCUT2D eigenvalue weighted by atomic mass is 9.82. The first-order valence-electron chi connectivity index (χ1n) is 12.4. The highest BCUT2D eigenvalue weighted by Crippen LogP contribution is 2.40. The molecule has 7 heteroatoms. The van der Waals surface area contributed by atoms with Crippen LogP contribution in [0.3, 0.4) is 0 Å². The van der Waals surface area contributed by atoms with Crippen molar-refractivity contribution >= 4 is 11.6 Å². The maximum absolute atomic E-state index is 13.4. The van der Waals surface area contributed by atoms with Crippen molar-refractivity contribution in [2.75, 3.05) is 31.1 Å². The number of fused-ring (bicyclic) bond motifs is 3. The average molecular weight is 472 g/mol. The van der Waals surface area contributed by atoms with Gasteiger partial charge < -0.3 is 10.2 Å². The zero-order valence-electron chi connectivity index (χ0n) is 19.4. The summed E-state index contributed by atoms with van der Waals surface area (Å²) in [7, 11) is 0. The third kappa shape index (κ3) is 4.81. The molecule has 1 saturated heterocycles. The minimum atomic E-state index is -4.39. The van der Waals surface area contributed by atoms with Crippen LogP contribution in [0, 0.1) is 5.92 Å². The van der Waals surface area contributed by atoms with Crippen LogP contribution >= 0.6 is 0 Å². The summed E-state index contributed by atoms with van der Waals surface area (Å²) in [5.41, 5.74) is 2.00. The fourth-order valence-electron chi connectivity index (χ4n) is 6.03. The van der Waals surface area contributed by atoms with Crippen LogP contribution in [0.4, 0.5) is 18.9 Å². The predicted octanol–water partition coefficient (Wildman–Crippen LogP) is 4.67. The van der Waals surface area contributed by atoms with Gasteiger partial charge in [-0.15, -0.1) is 0 Å². The molecule has 0 spiro atoms. The first-order valence-corrected chi connectivity index (χ1v) is 12.4. The Kier molecular flexibility index (Phi) is 6.56. The number of nitrogens with zero attached hydrogens (tertiary/aromatic N) is 2. The molecule has 2 unspecified atom stereocenters. The van der Waals surface area contributed by atoms with Crippen molar-refractivity contribution in [2.24, 2.45) is 5.92 Å². The number of carbonyl (C=O) groups excluding carboxylic acids is 1. The van der Waals surface area contributed by atoms with Crippen LogP contribution in [0.15, 0.2) is 48.5 Å². The molecule has 0 bridgehead atoms. The Balaban J connectivity index is 1.37. The lowest BCUT2D eigenvalue weighted by molar-refractivity contribution is -0.137. The molecule has 5 rings (SSSR count). The second-order valence-electron chi connectivity index (χ2n) is 9.87. The number of hydrogen-bond donors (Lipinski definition) is 1. The summed E-state index contributed by atoms with van der Waals surface area (Å²) in [6, 6.07) is 14.6. The van der Waals surface area contributed by atoms with Crippen molar-refractivity contribution in [1.29, 1.82) is 0 Å². The predicted molar refractivity (Wildman–Crippen MR) is 127 cm³/mol. The van der Waals surface area contributed by atoms with E-state index in [1.54, 1.807) is 6.07 Å². The third-order valence-corrected chi connectivity index (χ3v) is 7.80. The smallest absolute Gasteiger partial charge is 0.365 e. The van der Waals surface area contributed by atoms with Gasteiger partial charge in [0.05, 0.1) is 17.5 Å². The molecule has 4 nitrogen and oxygen atoms in total. The molecule has 2 fully saturated rings. The fourth-order valence-corrected chi connectivity index (χ4v) is 6.03. The second-order valence-corrected chi connectivity index (χ2v) is 9.87. The van der Waals surface area contributed by atoms with Crippen LogP contribution in [-0.2, 0) is 23.8 Å². The molecule has 2 aromatic rings. The minimum Gasteiger partial charge on any atom is -0.365 e. The standard InChI is InChI=1S/C27H32F3N3O/c28-27(29,30)21-10-11-24-20(16-21)17-23(26(34)31-13-12-19-6-2-1-3-7-19)25-18-32(14-15-33(24)25)22-8-4-5-9-22/h1-3,6-7,10-11,16,22-23,25H,4-5,8-9,12-15,17-18H2,(H,31,34). The lowest BCUT2D eigenvalue weighted by Crippen LogP contribution is -2.62. The van der Waals surface area contributed by atoms with E-state index < -0.39 is 11.7 Å². The van der Waals surface area contributed by atoms with Crippen molar-refractivity contribution in [3.63, 3.8) is 0 Å². The Hall–Kier alpha value is -2.54. The second kappa shape index (κ2) is 9.61. The molecular weight excluding hydrogens is 439 g/mol. The van der Waals surface area contributed by atoms with Gasteiger partial charge in [0.15, 0.2) is 0 Å². The van der Waals surface area contributed by atoms with E-state index >= 15 is 0 Å². The average Bonchev–Trinajstić information content (AvgIpc) is 3.38. The van der Waals surface area contributed by atoms with Crippen LogP contribution in [0.1, 0.15) is 42.4 Å². The maximum Gasteiger partial charge on any atom is 0.416 e. The quantitative estimate of drug-likeness (QED) is 0.689. The highest BCUT2D eigenvalue weighted by molar-refractivity contribution is 5.82. The van der Waals surface area contributed by atoms with E-state index in [9.17, 15) is 18.0 Å². The summed E-state index contributed by atoms with van der Waals surface area (Å²) in [5, 5.41) is 3.09. The van der Waals surface area contributed by atoms with E-state index in [-0.39, 0.29) is 17.9 Å². The Morgan fingerprint density at radius 3 is 2.53 bits per heavy atom. The van der Waals surface area contributed by atoms with Gasteiger partial charge in [-0.05, 0) is 55.0 Å². The number of anilines is 1. The molecule has 1 amide bonds. The number of amides is 1. The van der Waals surface area contributed by atoms with Crippen molar-refractivity contribution in [3.8, 4) is 0 Å². The van der Waals surface area contributed by atoms with E-state index in [2.05, 4.69) is 15.1 Å². The number of hydrogen-bond acceptors (Lipinski definition) is 3. The minimum absolute atomic E-state index is 0.0182. The number of halogens is 3. The monoisotopic (exact) mass is 471 g/mol. The van der Waals surface area contributed by atoms with Crippen LogP contribution in [-0.4, -0.2) is 49.1 Å². The molecule has 0 aromatic heterocycles. The molecule has 1 saturated carbocycles. The van der Waals surface area contributed by atoms with Crippen LogP contribution in [0.2, 0.25) is 0 Å². The largest absolute Gasteiger partial charge is 0.416 e. The zero-order chi connectivity index (χ0) is 23.7. The van der Waals surface area contributed by atoms with Crippen molar-refractivity contribution < 1.29 is 18.0 Å². The summed E-state index contributed by atoms with van der Waals surface area (Å²) >= 11 is 0. The maximum atomic E-state index is 13.4. The Bertz CT molecular complexity index is 1000. The van der Waals surface area contributed by atoms with E-state index in [0.29, 0.717) is 24.6 Å². The molecule has 3 aliphatic rings. The number of carbonyl (C=O) groups is 1. The summed E-state index contributed by atoms with van der Waals surface area (Å²) in [6.45, 7) is 2.95. The van der Waals surface area contributed by atoms with Gasteiger partial charge in [0.2, 0.25) is 5.91 Å². The molecule has 34 heavy (non-hydrogen) atoms. The molecule has 1 aliphatic carbocycles. The van der Waals surface area contributed by atoms with Gasteiger partial charge in [0.25, 0.3) is 0 Å². The van der Waals surface area contributed by atoms with Crippen LogP contribution in [0.25, 0.3) is 0 Å². The van der Waals surface area contributed by atoms with Crippen molar-refractivity contribution in [2.45, 2.75) is 56.8 Å². The van der Waals surface area contributed by atoms with Gasteiger partial charge in [-0.1, -0.05) is 43.2 Å². The lowest BCUT2D eigenvalue weighted by Gasteiger charge is -2.50. The summed E-state index contributed by atoms with van der Waals surface area (Å²) < 4.78 is 40.2. The van der Waals surface area contributed by atoms with E-state index in [1.165, 1.54) is 37.8 Å². The molecule has 182 valence electrons. The molecule has 2 aliphatic heterocycles. The number of benzene rings is 2. The Morgan fingerprint density at radius 1 is 1.03 bits per heavy atom. The highest BCUT2D eigenvalue weighted by Gasteiger charge is 2.43. The zero-order valence-corrected chi connectivity index (χ0v) is 19.4. The van der Waals surface area contributed by atoms with Crippen LogP contribution < -0.4 is 10.2 Å². The van der Waals surface area contributed by atoms with E-state index in [0.717, 1.165) is 37.3 Å². The fraction of sp³-hybridized carbons (Fsp3) is 0.519. The van der Waals surface area contributed by atoms with Crippen molar-refractivity contribution in [3.05, 3.63) is 65.2 Å². The molecule has 2 heterocycles. The SMILES string of the molecule is O=C(NCCc1ccccc1)C1Cc2cc(C(F)(F)F)ccc2N2CCN(C3CCCC3)CC12. The Labute approximate surface area is 199 Å².